The molecule has 0 saturated carbocycles. The van der Waals surface area contributed by atoms with Crippen LogP contribution in [0.1, 0.15) is 25.5 Å². The van der Waals surface area contributed by atoms with E-state index >= 15 is 0 Å². The molecule has 0 bridgehead atoms. The number of halogens is 1. The van der Waals surface area contributed by atoms with E-state index in [-0.39, 0.29) is 25.0 Å². The van der Waals surface area contributed by atoms with Gasteiger partial charge in [-0.05, 0) is 19.9 Å². The highest BCUT2D eigenvalue weighted by Gasteiger charge is 2.20. The minimum atomic E-state index is -1.21. The third kappa shape index (κ3) is 3.94. The van der Waals surface area contributed by atoms with E-state index in [1.54, 1.807) is 19.1 Å². The highest BCUT2D eigenvalue weighted by Crippen LogP contribution is 2.21. The smallest absolute Gasteiger partial charge is 0.131 e. The highest BCUT2D eigenvalue weighted by atomic mass is 19.1. The van der Waals surface area contributed by atoms with Crippen molar-refractivity contribution < 1.29 is 19.3 Å². The summed E-state index contributed by atoms with van der Waals surface area (Å²) >= 11 is 0. The van der Waals surface area contributed by atoms with Crippen LogP contribution >= 0.6 is 0 Å². The predicted octanol–water partition coefficient (Wildman–Crippen LogP) is 1.23. The van der Waals surface area contributed by atoms with Crippen LogP contribution in [0.2, 0.25) is 0 Å². The number of hydrogen-bond donors (Lipinski definition) is 3. The lowest BCUT2D eigenvalue weighted by atomic mass is 10.0. The van der Waals surface area contributed by atoms with Crippen LogP contribution in [0.3, 0.4) is 0 Å². The van der Waals surface area contributed by atoms with Gasteiger partial charge in [-0.2, -0.15) is 0 Å². The average molecular weight is 257 g/mol. The Labute approximate surface area is 106 Å². The molecule has 1 aromatic rings. The first-order valence-corrected chi connectivity index (χ1v) is 5.79. The molecule has 0 radical (unpaired) electrons. The number of rotatable bonds is 6. The van der Waals surface area contributed by atoms with Gasteiger partial charge in [-0.25, -0.2) is 4.39 Å². The summed E-state index contributed by atoms with van der Waals surface area (Å²) in [6, 6.07) is 4.37. The minimum absolute atomic E-state index is 0.177. The summed E-state index contributed by atoms with van der Waals surface area (Å²) in [6.45, 7) is 3.13. The van der Waals surface area contributed by atoms with Gasteiger partial charge in [-0.3, -0.25) is 0 Å². The van der Waals surface area contributed by atoms with Gasteiger partial charge in [-0.1, -0.05) is 6.07 Å². The molecule has 5 heteroatoms. The zero-order valence-electron chi connectivity index (χ0n) is 10.9. The van der Waals surface area contributed by atoms with E-state index in [2.05, 4.69) is 5.32 Å². The van der Waals surface area contributed by atoms with Crippen LogP contribution < -0.4 is 10.1 Å². The van der Waals surface area contributed by atoms with Gasteiger partial charge in [0.1, 0.15) is 11.6 Å². The van der Waals surface area contributed by atoms with Gasteiger partial charge in [0.25, 0.3) is 0 Å². The van der Waals surface area contributed by atoms with Crippen molar-refractivity contribution in [1.29, 1.82) is 0 Å². The molecule has 2 unspecified atom stereocenters. The number of nitrogens with one attached hydrogen (secondary N) is 1. The van der Waals surface area contributed by atoms with E-state index in [0.717, 1.165) is 0 Å². The Morgan fingerprint density at radius 2 is 2.17 bits per heavy atom. The maximum Gasteiger partial charge on any atom is 0.131 e. The van der Waals surface area contributed by atoms with Gasteiger partial charge >= 0.3 is 0 Å². The summed E-state index contributed by atoms with van der Waals surface area (Å²) in [7, 11) is 1.48. The van der Waals surface area contributed by atoms with Crippen LogP contribution in [-0.2, 0) is 0 Å². The molecule has 0 saturated heterocycles. The van der Waals surface area contributed by atoms with Crippen molar-refractivity contribution in [1.82, 2.24) is 5.32 Å². The van der Waals surface area contributed by atoms with Crippen molar-refractivity contribution in [2.24, 2.45) is 0 Å². The van der Waals surface area contributed by atoms with Crippen LogP contribution in [0.25, 0.3) is 0 Å². The average Bonchev–Trinajstić information content (AvgIpc) is 2.36. The molecule has 0 fully saturated rings. The normalized spacial score (nSPS) is 16.1. The summed E-state index contributed by atoms with van der Waals surface area (Å²) in [5.41, 5.74) is -0.721. The third-order valence-corrected chi connectivity index (χ3v) is 2.80. The molecule has 3 N–H and O–H groups in total. The lowest BCUT2D eigenvalue weighted by Crippen LogP contribution is -2.41. The zero-order chi connectivity index (χ0) is 13.8. The van der Waals surface area contributed by atoms with E-state index in [4.69, 9.17) is 9.84 Å². The summed E-state index contributed by atoms with van der Waals surface area (Å²) in [4.78, 5) is 0. The maximum atomic E-state index is 13.8. The quantitative estimate of drug-likeness (QED) is 0.717. The first-order valence-electron chi connectivity index (χ1n) is 5.79. The Hall–Kier alpha value is -1.17. The van der Waals surface area contributed by atoms with Crippen LogP contribution in [-0.4, -0.2) is 36.1 Å². The summed E-state index contributed by atoms with van der Waals surface area (Å²) < 4.78 is 18.7. The van der Waals surface area contributed by atoms with E-state index in [1.807, 2.05) is 0 Å². The summed E-state index contributed by atoms with van der Waals surface area (Å²) in [6.07, 6.45) is 0. The zero-order valence-corrected chi connectivity index (χ0v) is 10.9. The van der Waals surface area contributed by atoms with Crippen molar-refractivity contribution in [3.05, 3.63) is 29.6 Å². The second kappa shape index (κ2) is 6.13. The first-order chi connectivity index (χ1) is 8.39. The van der Waals surface area contributed by atoms with Crippen molar-refractivity contribution in [3.63, 3.8) is 0 Å². The lowest BCUT2D eigenvalue weighted by Gasteiger charge is -2.24. The first kappa shape index (κ1) is 14.9. The number of aliphatic hydroxyl groups is 2. The van der Waals surface area contributed by atoms with E-state index in [9.17, 15) is 9.50 Å². The van der Waals surface area contributed by atoms with Gasteiger partial charge in [0.2, 0.25) is 0 Å². The Morgan fingerprint density at radius 1 is 1.50 bits per heavy atom. The molecule has 0 aromatic heterocycles. The van der Waals surface area contributed by atoms with E-state index in [0.29, 0.717) is 11.3 Å². The molecule has 0 aliphatic carbocycles. The van der Waals surface area contributed by atoms with Crippen molar-refractivity contribution >= 4 is 0 Å². The van der Waals surface area contributed by atoms with Crippen LogP contribution in [0.5, 0.6) is 5.75 Å². The van der Waals surface area contributed by atoms with Gasteiger partial charge in [0, 0.05) is 24.2 Å². The molecule has 1 aromatic carbocycles. The topological polar surface area (TPSA) is 61.7 Å². The molecule has 102 valence electrons. The SMILES string of the molecule is COc1ccc(C(C)NCC(C)(O)CO)c(F)c1. The Balaban J connectivity index is 2.70. The molecule has 0 heterocycles. The largest absolute Gasteiger partial charge is 0.497 e. The Morgan fingerprint density at radius 3 is 2.67 bits per heavy atom. The second-order valence-electron chi connectivity index (χ2n) is 4.65. The number of methoxy groups -OCH3 is 1. The molecule has 18 heavy (non-hydrogen) atoms. The fraction of sp³-hybridized carbons (Fsp3) is 0.538. The monoisotopic (exact) mass is 257 g/mol. The van der Waals surface area contributed by atoms with Crippen LogP contribution in [0, 0.1) is 5.82 Å². The number of benzene rings is 1. The standard InChI is InChI=1S/C13H20FNO3/c1-9(15-7-13(2,17)8-16)11-5-4-10(18-3)6-12(11)14/h4-6,9,15-17H,7-8H2,1-3H3. The number of aliphatic hydroxyl groups excluding tert-OH is 1. The molecule has 0 spiro atoms. The van der Waals surface area contributed by atoms with E-state index in [1.165, 1.54) is 20.1 Å². The molecule has 0 amide bonds. The molecule has 1 rings (SSSR count). The molecular weight excluding hydrogens is 237 g/mol. The fourth-order valence-electron chi connectivity index (χ4n) is 1.52. The predicted molar refractivity (Wildman–Crippen MR) is 67.1 cm³/mol. The van der Waals surface area contributed by atoms with Gasteiger partial charge in [0.15, 0.2) is 0 Å². The molecule has 0 aliphatic heterocycles. The minimum Gasteiger partial charge on any atom is -0.497 e. The van der Waals surface area contributed by atoms with Gasteiger partial charge in [-0.15, -0.1) is 0 Å². The number of ether oxygens (including phenoxy) is 1. The highest BCUT2D eigenvalue weighted by molar-refractivity contribution is 5.30. The molecule has 4 nitrogen and oxygen atoms in total. The molecule has 0 aliphatic rings. The van der Waals surface area contributed by atoms with E-state index < -0.39 is 5.60 Å². The lowest BCUT2D eigenvalue weighted by molar-refractivity contribution is 0.000988. The summed E-state index contributed by atoms with van der Waals surface area (Å²) in [5.74, 6) is 0.101. The summed E-state index contributed by atoms with van der Waals surface area (Å²) in [5, 5.41) is 21.5. The Kier molecular flexibility index (Phi) is 5.07. The van der Waals surface area contributed by atoms with Crippen molar-refractivity contribution in [3.8, 4) is 5.75 Å². The third-order valence-electron chi connectivity index (χ3n) is 2.80. The number of hydrogen-bond acceptors (Lipinski definition) is 4. The van der Waals surface area contributed by atoms with Crippen LogP contribution in [0.4, 0.5) is 4.39 Å². The second-order valence-corrected chi connectivity index (χ2v) is 4.65. The molecular formula is C13H20FNO3. The Bertz CT molecular complexity index is 396. The van der Waals surface area contributed by atoms with Crippen molar-refractivity contribution in [2.75, 3.05) is 20.3 Å². The molecule has 2 atom stereocenters. The van der Waals surface area contributed by atoms with Gasteiger partial charge in [0.05, 0.1) is 19.3 Å². The fourth-order valence-corrected chi connectivity index (χ4v) is 1.52. The van der Waals surface area contributed by atoms with Crippen LogP contribution in [0.15, 0.2) is 18.2 Å². The van der Waals surface area contributed by atoms with Crippen molar-refractivity contribution in [2.45, 2.75) is 25.5 Å². The van der Waals surface area contributed by atoms with Gasteiger partial charge < -0.3 is 20.3 Å². The maximum absolute atomic E-state index is 13.8.